The first kappa shape index (κ1) is 11.8. The van der Waals surface area contributed by atoms with Gasteiger partial charge in [-0.1, -0.05) is 11.6 Å². The number of hydrogen-bond acceptors (Lipinski definition) is 4. The van der Waals surface area contributed by atoms with Crippen molar-refractivity contribution in [2.24, 2.45) is 0 Å². The van der Waals surface area contributed by atoms with E-state index < -0.39 is 11.6 Å². The summed E-state index contributed by atoms with van der Waals surface area (Å²) in [5.41, 5.74) is 5.18. The van der Waals surface area contributed by atoms with Crippen LogP contribution in [0.3, 0.4) is 0 Å². The molecule has 0 spiro atoms. The smallest absolute Gasteiger partial charge is 0.340 e. The molecule has 0 aliphatic carbocycles. The molecule has 0 aliphatic rings. The van der Waals surface area contributed by atoms with E-state index >= 15 is 0 Å². The zero-order valence-electron chi connectivity index (χ0n) is 8.87. The van der Waals surface area contributed by atoms with Crippen LogP contribution < -0.4 is 5.73 Å². The Kier molecular flexibility index (Phi) is 3.19. The van der Waals surface area contributed by atoms with Crippen LogP contribution in [-0.2, 0) is 4.74 Å². The minimum absolute atomic E-state index is 0.198. The molecule has 5 heteroatoms. The van der Waals surface area contributed by atoms with Gasteiger partial charge in [0.1, 0.15) is 11.4 Å². The molecule has 4 nitrogen and oxygen atoms in total. The number of ether oxygens (including phenoxy) is 1. The molecule has 0 amide bonds. The fourth-order valence-electron chi connectivity index (χ4n) is 0.897. The van der Waals surface area contributed by atoms with E-state index in [0.717, 1.165) is 0 Å². The summed E-state index contributed by atoms with van der Waals surface area (Å²) in [6, 6.07) is 1.44. The molecule has 0 radical (unpaired) electrons. The lowest BCUT2D eigenvalue weighted by atomic mass is 10.2. The second kappa shape index (κ2) is 4.06. The monoisotopic (exact) mass is 228 g/mol. The number of hydrogen-bond donors (Lipinski definition) is 1. The van der Waals surface area contributed by atoms with Crippen LogP contribution in [0.2, 0.25) is 5.02 Å². The molecule has 1 aromatic rings. The van der Waals surface area contributed by atoms with Crippen LogP contribution >= 0.6 is 11.6 Å². The number of nitrogens with zero attached hydrogens (tertiary/aromatic N) is 1. The lowest BCUT2D eigenvalue weighted by molar-refractivity contribution is 0.00692. The summed E-state index contributed by atoms with van der Waals surface area (Å²) in [6.45, 7) is 5.37. The highest BCUT2D eigenvalue weighted by molar-refractivity contribution is 6.33. The first-order valence-corrected chi connectivity index (χ1v) is 4.82. The first-order chi connectivity index (χ1) is 6.79. The molecule has 82 valence electrons. The number of carbonyl (C=O) groups is 1. The van der Waals surface area contributed by atoms with Gasteiger partial charge < -0.3 is 10.5 Å². The average Bonchev–Trinajstić information content (AvgIpc) is 2.06. The predicted molar refractivity (Wildman–Crippen MR) is 58.8 cm³/mol. The van der Waals surface area contributed by atoms with Crippen LogP contribution in [0, 0.1) is 0 Å². The molecule has 0 aromatic carbocycles. The average molecular weight is 229 g/mol. The number of aromatic nitrogens is 1. The third-order valence-corrected chi connectivity index (χ3v) is 1.81. The van der Waals surface area contributed by atoms with Crippen LogP contribution in [0.1, 0.15) is 31.1 Å². The van der Waals surface area contributed by atoms with E-state index in [9.17, 15) is 4.79 Å². The number of rotatable bonds is 1. The molecule has 2 N–H and O–H groups in total. The Bertz CT molecular complexity index is 385. The van der Waals surface area contributed by atoms with Crippen molar-refractivity contribution in [2.45, 2.75) is 26.4 Å². The molecule has 0 unspecified atom stereocenters. The Hall–Kier alpha value is -1.29. The molecular weight excluding hydrogens is 216 g/mol. The summed E-state index contributed by atoms with van der Waals surface area (Å²) in [6.07, 6.45) is 1.34. The van der Waals surface area contributed by atoms with Crippen LogP contribution in [0.5, 0.6) is 0 Å². The highest BCUT2D eigenvalue weighted by Crippen LogP contribution is 2.18. The van der Waals surface area contributed by atoms with E-state index in [2.05, 4.69) is 4.98 Å². The van der Waals surface area contributed by atoms with Crippen molar-refractivity contribution >= 4 is 23.4 Å². The number of anilines is 1. The zero-order chi connectivity index (χ0) is 11.6. The summed E-state index contributed by atoms with van der Waals surface area (Å²) < 4.78 is 5.14. The van der Waals surface area contributed by atoms with Crippen LogP contribution in [-0.4, -0.2) is 16.6 Å². The van der Waals surface area contributed by atoms with Gasteiger partial charge in [0.25, 0.3) is 0 Å². The van der Waals surface area contributed by atoms with Gasteiger partial charge in [-0.3, -0.25) is 0 Å². The largest absolute Gasteiger partial charge is 0.456 e. The van der Waals surface area contributed by atoms with Gasteiger partial charge in [-0.05, 0) is 26.8 Å². The van der Waals surface area contributed by atoms with Crippen molar-refractivity contribution in [1.29, 1.82) is 0 Å². The molecule has 1 rings (SSSR count). The molecule has 0 aliphatic heterocycles. The van der Waals surface area contributed by atoms with Crippen LogP contribution in [0.4, 0.5) is 5.82 Å². The highest BCUT2D eigenvalue weighted by atomic mass is 35.5. The van der Waals surface area contributed by atoms with Gasteiger partial charge in [0.2, 0.25) is 0 Å². The van der Waals surface area contributed by atoms with E-state index in [4.69, 9.17) is 22.1 Å². The maximum atomic E-state index is 11.6. The fraction of sp³-hybridized carbons (Fsp3) is 0.400. The Morgan fingerprint density at radius 1 is 1.53 bits per heavy atom. The summed E-state index contributed by atoms with van der Waals surface area (Å²) in [5.74, 6) is -0.263. The van der Waals surface area contributed by atoms with E-state index in [1.165, 1.54) is 12.3 Å². The minimum atomic E-state index is -0.537. The van der Waals surface area contributed by atoms with Gasteiger partial charge in [-0.2, -0.15) is 0 Å². The highest BCUT2D eigenvalue weighted by Gasteiger charge is 2.18. The number of nitrogens with two attached hydrogens (primary N) is 1. The van der Waals surface area contributed by atoms with Crippen molar-refractivity contribution in [3.8, 4) is 0 Å². The third kappa shape index (κ3) is 3.40. The summed E-state index contributed by atoms with van der Waals surface area (Å²) in [4.78, 5) is 15.3. The van der Waals surface area contributed by atoms with E-state index in [1.54, 1.807) is 20.8 Å². The molecule has 0 bridgehead atoms. The molecule has 0 saturated carbocycles. The van der Waals surface area contributed by atoms with Crippen molar-refractivity contribution < 1.29 is 9.53 Å². The number of halogens is 1. The van der Waals surface area contributed by atoms with Gasteiger partial charge in [0, 0.05) is 6.20 Å². The zero-order valence-corrected chi connectivity index (χ0v) is 9.63. The Morgan fingerprint density at radius 3 is 2.60 bits per heavy atom. The summed E-state index contributed by atoms with van der Waals surface area (Å²) >= 11 is 5.73. The molecular formula is C10H13ClN2O2. The van der Waals surface area contributed by atoms with Gasteiger partial charge in [0.05, 0.1) is 10.6 Å². The number of esters is 1. The van der Waals surface area contributed by atoms with Gasteiger partial charge >= 0.3 is 5.97 Å². The molecule has 1 aromatic heterocycles. The first-order valence-electron chi connectivity index (χ1n) is 4.44. The van der Waals surface area contributed by atoms with E-state index in [0.29, 0.717) is 5.56 Å². The lowest BCUT2D eigenvalue weighted by Crippen LogP contribution is -2.24. The maximum absolute atomic E-state index is 11.6. The van der Waals surface area contributed by atoms with Gasteiger partial charge in [-0.25, -0.2) is 9.78 Å². The SMILES string of the molecule is CC(C)(C)OC(=O)c1cnc(N)c(Cl)c1. The topological polar surface area (TPSA) is 65.2 Å². The van der Waals surface area contributed by atoms with Crippen molar-refractivity contribution in [1.82, 2.24) is 4.98 Å². The maximum Gasteiger partial charge on any atom is 0.340 e. The van der Waals surface area contributed by atoms with Crippen molar-refractivity contribution in [3.05, 3.63) is 22.8 Å². The van der Waals surface area contributed by atoms with Crippen molar-refractivity contribution in [3.63, 3.8) is 0 Å². The van der Waals surface area contributed by atoms with E-state index in [1.807, 2.05) is 0 Å². The number of pyridine rings is 1. The fourth-order valence-corrected chi connectivity index (χ4v) is 1.06. The third-order valence-electron chi connectivity index (χ3n) is 1.50. The summed E-state index contributed by atoms with van der Waals surface area (Å²) in [5, 5.41) is 0.248. The molecule has 0 fully saturated rings. The minimum Gasteiger partial charge on any atom is -0.456 e. The number of carbonyl (C=O) groups excluding carboxylic acids is 1. The molecule has 1 heterocycles. The second-order valence-corrected chi connectivity index (χ2v) is 4.50. The lowest BCUT2D eigenvalue weighted by Gasteiger charge is -2.19. The number of nitrogen functional groups attached to an aromatic ring is 1. The molecule has 0 atom stereocenters. The van der Waals surface area contributed by atoms with Gasteiger partial charge in [0.15, 0.2) is 0 Å². The molecule has 15 heavy (non-hydrogen) atoms. The van der Waals surface area contributed by atoms with Crippen LogP contribution in [0.25, 0.3) is 0 Å². The Balaban J connectivity index is 2.88. The summed E-state index contributed by atoms with van der Waals surface area (Å²) in [7, 11) is 0. The van der Waals surface area contributed by atoms with Gasteiger partial charge in [-0.15, -0.1) is 0 Å². The van der Waals surface area contributed by atoms with Crippen LogP contribution in [0.15, 0.2) is 12.3 Å². The van der Waals surface area contributed by atoms with E-state index in [-0.39, 0.29) is 10.8 Å². The standard InChI is InChI=1S/C10H13ClN2O2/c1-10(2,3)15-9(14)6-4-7(11)8(12)13-5-6/h4-5H,1-3H3,(H2,12,13). The van der Waals surface area contributed by atoms with Crippen molar-refractivity contribution in [2.75, 3.05) is 5.73 Å². The Morgan fingerprint density at radius 2 is 2.13 bits per heavy atom. The second-order valence-electron chi connectivity index (χ2n) is 4.09. The Labute approximate surface area is 93.4 Å². The molecule has 0 saturated heterocycles. The normalized spacial score (nSPS) is 11.2. The quantitative estimate of drug-likeness (QED) is 0.749. The predicted octanol–water partition coefficient (Wildman–Crippen LogP) is 2.27.